The van der Waals surface area contributed by atoms with Gasteiger partial charge in [0.05, 0.1) is 52.4 Å². The van der Waals surface area contributed by atoms with E-state index in [0.29, 0.717) is 0 Å². The summed E-state index contributed by atoms with van der Waals surface area (Å²) in [5.74, 6) is 0. The monoisotopic (exact) mass is 298 g/mol. The molecular formula is C16H40F2N2. The molecule has 0 heterocycles. The molecule has 0 aliphatic heterocycles. The summed E-state index contributed by atoms with van der Waals surface area (Å²) in [5.41, 5.74) is 0. The van der Waals surface area contributed by atoms with E-state index in [4.69, 9.17) is 0 Å². The molecule has 0 unspecified atom stereocenters. The molecule has 0 radical (unpaired) electrons. The van der Waals surface area contributed by atoms with Gasteiger partial charge in [0.1, 0.15) is 0 Å². The molecule has 0 bridgehead atoms. The van der Waals surface area contributed by atoms with Crippen LogP contribution in [0.5, 0.6) is 0 Å². The minimum Gasteiger partial charge on any atom is -1.00 e. The van der Waals surface area contributed by atoms with Crippen molar-refractivity contribution < 1.29 is 18.4 Å². The molecule has 0 aliphatic rings. The maximum atomic E-state index is 2.27. The van der Waals surface area contributed by atoms with E-state index in [-0.39, 0.29) is 9.41 Å². The first-order valence-corrected chi connectivity index (χ1v) is 8.19. The first-order chi connectivity index (χ1) is 8.49. The zero-order valence-electron chi connectivity index (χ0n) is 15.3. The molecule has 0 aliphatic carbocycles. The van der Waals surface area contributed by atoms with Crippen molar-refractivity contribution in [3.8, 4) is 0 Å². The quantitative estimate of drug-likeness (QED) is 0.445. The van der Waals surface area contributed by atoms with Gasteiger partial charge in [-0.1, -0.05) is 0 Å². The van der Waals surface area contributed by atoms with Crippen molar-refractivity contribution in [2.45, 2.75) is 55.4 Å². The Kier molecular flexibility index (Phi) is 21.3. The van der Waals surface area contributed by atoms with E-state index in [1.165, 1.54) is 61.3 Å². The van der Waals surface area contributed by atoms with Crippen LogP contribution in [0.1, 0.15) is 55.4 Å². The normalized spacial score (nSPS) is 10.8. The summed E-state index contributed by atoms with van der Waals surface area (Å²) in [4.78, 5) is 0. The lowest BCUT2D eigenvalue weighted by Gasteiger charge is -2.34. The molecule has 0 aromatic rings. The van der Waals surface area contributed by atoms with Gasteiger partial charge in [0.2, 0.25) is 0 Å². The fraction of sp³-hybridized carbons (Fsp3) is 1.00. The average molecular weight is 299 g/mol. The molecule has 0 rings (SSSR count). The molecule has 0 fully saturated rings. The predicted octanol–water partition coefficient (Wildman–Crippen LogP) is -2.23. The van der Waals surface area contributed by atoms with Gasteiger partial charge < -0.3 is 18.4 Å². The fourth-order valence-electron chi connectivity index (χ4n) is 2.68. The van der Waals surface area contributed by atoms with Gasteiger partial charge in [0.15, 0.2) is 0 Å². The predicted molar refractivity (Wildman–Crippen MR) is 84.8 cm³/mol. The third kappa shape index (κ3) is 8.85. The molecule has 0 amide bonds. The van der Waals surface area contributed by atoms with Crippen LogP contribution in [0.3, 0.4) is 0 Å². The maximum Gasteiger partial charge on any atom is 0.0757 e. The molecule has 128 valence electrons. The molecule has 2 nitrogen and oxygen atoms in total. The van der Waals surface area contributed by atoms with Crippen molar-refractivity contribution in [3.05, 3.63) is 0 Å². The molecule has 0 atom stereocenters. The third-order valence-electron chi connectivity index (χ3n) is 5.37. The fourth-order valence-corrected chi connectivity index (χ4v) is 2.68. The number of rotatable bonds is 8. The molecule has 0 aromatic heterocycles. The van der Waals surface area contributed by atoms with Gasteiger partial charge in [-0.05, 0) is 55.4 Å². The minimum absolute atomic E-state index is 0. The second kappa shape index (κ2) is 15.2. The molecular weight excluding hydrogens is 258 g/mol. The van der Waals surface area contributed by atoms with Crippen LogP contribution >= 0.6 is 0 Å². The number of halogens is 2. The highest BCUT2D eigenvalue weighted by atomic mass is 19.0. The number of hydrogen-bond acceptors (Lipinski definition) is 0. The molecule has 0 N–H and O–H groups in total. The van der Waals surface area contributed by atoms with Crippen molar-refractivity contribution >= 4 is 0 Å². The number of nitrogens with zero attached hydrogens (tertiary/aromatic N) is 2. The second-order valence-electron chi connectivity index (χ2n) is 5.21. The lowest BCUT2D eigenvalue weighted by molar-refractivity contribution is -0.921. The van der Waals surface area contributed by atoms with E-state index in [1.807, 2.05) is 0 Å². The molecule has 0 saturated heterocycles. The van der Waals surface area contributed by atoms with Crippen molar-refractivity contribution in [1.29, 1.82) is 0 Å². The summed E-state index contributed by atoms with van der Waals surface area (Å²) in [7, 11) is 0. The van der Waals surface area contributed by atoms with Crippen molar-refractivity contribution in [3.63, 3.8) is 0 Å². The van der Waals surface area contributed by atoms with Gasteiger partial charge in [-0.3, -0.25) is 0 Å². The van der Waals surface area contributed by atoms with Crippen LogP contribution in [0, 0.1) is 0 Å². The Labute approximate surface area is 127 Å². The SMILES string of the molecule is CC[N+](CC)(CC)CC.CC[N+](CC)(CC)CC.[F-].[F-]. The zero-order valence-corrected chi connectivity index (χ0v) is 15.3. The average Bonchev–Trinajstić information content (AvgIpc) is 2.46. The third-order valence-corrected chi connectivity index (χ3v) is 5.37. The second-order valence-corrected chi connectivity index (χ2v) is 5.21. The molecule has 0 aromatic carbocycles. The smallest absolute Gasteiger partial charge is 0.0757 e. The van der Waals surface area contributed by atoms with Gasteiger partial charge >= 0.3 is 0 Å². The first-order valence-electron chi connectivity index (χ1n) is 8.19. The molecule has 20 heavy (non-hydrogen) atoms. The van der Waals surface area contributed by atoms with Crippen LogP contribution in [0.15, 0.2) is 0 Å². The summed E-state index contributed by atoms with van der Waals surface area (Å²) >= 11 is 0. The summed E-state index contributed by atoms with van der Waals surface area (Å²) in [6, 6.07) is 0. The zero-order chi connectivity index (χ0) is 14.7. The van der Waals surface area contributed by atoms with Crippen molar-refractivity contribution in [1.82, 2.24) is 0 Å². The highest BCUT2D eigenvalue weighted by molar-refractivity contribution is 4.31. The van der Waals surface area contributed by atoms with E-state index in [2.05, 4.69) is 55.4 Å². The van der Waals surface area contributed by atoms with E-state index in [0.717, 1.165) is 0 Å². The summed E-state index contributed by atoms with van der Waals surface area (Å²) in [6.07, 6.45) is 0. The van der Waals surface area contributed by atoms with Crippen molar-refractivity contribution in [2.75, 3.05) is 52.4 Å². The Morgan fingerprint density at radius 2 is 0.450 bits per heavy atom. The van der Waals surface area contributed by atoms with E-state index < -0.39 is 0 Å². The van der Waals surface area contributed by atoms with Crippen LogP contribution in [-0.4, -0.2) is 61.3 Å². The highest BCUT2D eigenvalue weighted by Crippen LogP contribution is 2.03. The van der Waals surface area contributed by atoms with Gasteiger partial charge in [-0.25, -0.2) is 0 Å². The Balaban J connectivity index is -0.000000116. The highest BCUT2D eigenvalue weighted by Gasteiger charge is 2.16. The van der Waals surface area contributed by atoms with Gasteiger partial charge in [-0.2, -0.15) is 0 Å². The Bertz CT molecular complexity index is 124. The maximum absolute atomic E-state index is 2.27. The summed E-state index contributed by atoms with van der Waals surface area (Å²) in [5, 5.41) is 0. The Hall–Kier alpha value is -0.220. The van der Waals surface area contributed by atoms with E-state index in [9.17, 15) is 0 Å². The van der Waals surface area contributed by atoms with Crippen molar-refractivity contribution in [2.24, 2.45) is 0 Å². The Morgan fingerprint density at radius 3 is 0.450 bits per heavy atom. The van der Waals surface area contributed by atoms with Crippen LogP contribution in [0.4, 0.5) is 0 Å². The summed E-state index contributed by atoms with van der Waals surface area (Å²) < 4.78 is 2.56. The van der Waals surface area contributed by atoms with Crippen LogP contribution in [0.2, 0.25) is 0 Å². The molecule has 0 spiro atoms. The largest absolute Gasteiger partial charge is 1.00 e. The van der Waals surface area contributed by atoms with Crippen LogP contribution < -0.4 is 9.41 Å². The minimum atomic E-state index is 0. The topological polar surface area (TPSA) is 0 Å². The lowest BCUT2D eigenvalue weighted by Crippen LogP contribution is -3.00. The standard InChI is InChI=1S/2C8H20N.2FH/c2*1-5-9(6-2,7-3)8-4;;/h2*5-8H2,1-4H3;2*1H/q2*+1;;/p-2. The van der Waals surface area contributed by atoms with Gasteiger partial charge in [0.25, 0.3) is 0 Å². The van der Waals surface area contributed by atoms with Crippen LogP contribution in [-0.2, 0) is 0 Å². The van der Waals surface area contributed by atoms with E-state index in [1.54, 1.807) is 0 Å². The number of hydrogen-bond donors (Lipinski definition) is 0. The molecule has 0 saturated carbocycles. The van der Waals surface area contributed by atoms with E-state index >= 15 is 0 Å². The Morgan fingerprint density at radius 1 is 0.350 bits per heavy atom. The first kappa shape index (κ1) is 28.0. The van der Waals surface area contributed by atoms with Crippen LogP contribution in [0.25, 0.3) is 0 Å². The number of quaternary nitrogens is 2. The lowest BCUT2D eigenvalue weighted by atomic mass is 10.3. The molecule has 4 heteroatoms. The van der Waals surface area contributed by atoms with Gasteiger partial charge in [0, 0.05) is 0 Å². The summed E-state index contributed by atoms with van der Waals surface area (Å²) in [6.45, 7) is 28.4. The van der Waals surface area contributed by atoms with Gasteiger partial charge in [-0.15, -0.1) is 0 Å².